The second kappa shape index (κ2) is 6.70. The lowest BCUT2D eigenvalue weighted by Crippen LogP contribution is -2.56. The van der Waals surface area contributed by atoms with Gasteiger partial charge in [-0.3, -0.25) is 9.59 Å². The van der Waals surface area contributed by atoms with Crippen molar-refractivity contribution in [3.63, 3.8) is 0 Å². The normalized spacial score (nSPS) is 23.9. The summed E-state index contributed by atoms with van der Waals surface area (Å²) >= 11 is 0. The zero-order valence-corrected chi connectivity index (χ0v) is 14.9. The fourth-order valence-electron chi connectivity index (χ4n) is 4.61. The number of carbonyl (C=O) groups excluding carboxylic acids is 2. The minimum Gasteiger partial charge on any atom is -0.497 e. The molecular formula is C20H26N2O3. The molecule has 1 atom stereocenters. The molecule has 1 aromatic rings. The van der Waals surface area contributed by atoms with Crippen LogP contribution in [0.1, 0.15) is 49.3 Å². The Balaban J connectivity index is 1.57. The van der Waals surface area contributed by atoms with Gasteiger partial charge in [-0.2, -0.15) is 0 Å². The first-order valence-electron chi connectivity index (χ1n) is 9.42. The third kappa shape index (κ3) is 3.00. The lowest BCUT2D eigenvalue weighted by Gasteiger charge is -2.45. The van der Waals surface area contributed by atoms with E-state index in [1.165, 1.54) is 17.5 Å². The summed E-state index contributed by atoms with van der Waals surface area (Å²) in [7, 11) is 1.67. The number of nitrogens with zero attached hydrogens (tertiary/aromatic N) is 2. The van der Waals surface area contributed by atoms with Gasteiger partial charge in [-0.05, 0) is 42.5 Å². The number of rotatable bonds is 2. The Kier molecular flexibility index (Phi) is 4.40. The molecule has 1 unspecified atom stereocenters. The van der Waals surface area contributed by atoms with Gasteiger partial charge < -0.3 is 14.5 Å². The number of benzene rings is 1. The molecule has 134 valence electrons. The maximum absolute atomic E-state index is 12.9. The molecule has 0 N–H and O–H groups in total. The van der Waals surface area contributed by atoms with Crippen molar-refractivity contribution in [3.8, 4) is 5.75 Å². The number of fused-ring (bicyclic) bond motifs is 3. The number of hydrogen-bond donors (Lipinski definition) is 0. The molecule has 0 aromatic heterocycles. The van der Waals surface area contributed by atoms with Crippen LogP contribution in [0.5, 0.6) is 5.75 Å². The van der Waals surface area contributed by atoms with Crippen LogP contribution in [0.3, 0.4) is 0 Å². The van der Waals surface area contributed by atoms with Crippen molar-refractivity contribution < 1.29 is 14.3 Å². The Morgan fingerprint density at radius 3 is 2.76 bits per heavy atom. The van der Waals surface area contributed by atoms with E-state index in [0.29, 0.717) is 6.54 Å². The second-order valence-corrected chi connectivity index (χ2v) is 7.47. The summed E-state index contributed by atoms with van der Waals surface area (Å²) in [4.78, 5) is 29.4. The third-order valence-corrected chi connectivity index (χ3v) is 6.01. The number of ether oxygens (including phenoxy) is 1. The molecule has 2 fully saturated rings. The molecule has 1 saturated carbocycles. The van der Waals surface area contributed by atoms with Gasteiger partial charge in [0.05, 0.1) is 19.7 Å². The Labute approximate surface area is 148 Å². The van der Waals surface area contributed by atoms with Gasteiger partial charge in [-0.15, -0.1) is 0 Å². The fourth-order valence-corrected chi connectivity index (χ4v) is 4.61. The monoisotopic (exact) mass is 342 g/mol. The van der Waals surface area contributed by atoms with Crippen LogP contribution < -0.4 is 4.74 Å². The summed E-state index contributed by atoms with van der Waals surface area (Å²) in [5.74, 6) is 1.24. The molecule has 0 spiro atoms. The molecule has 1 aliphatic carbocycles. The molecular weight excluding hydrogens is 316 g/mol. The number of carbonyl (C=O) groups is 2. The van der Waals surface area contributed by atoms with Crippen LogP contribution in [-0.4, -0.2) is 48.4 Å². The van der Waals surface area contributed by atoms with Crippen LogP contribution in [0.4, 0.5) is 0 Å². The Morgan fingerprint density at radius 1 is 1.20 bits per heavy atom. The van der Waals surface area contributed by atoms with Crippen LogP contribution >= 0.6 is 0 Å². The van der Waals surface area contributed by atoms with Gasteiger partial charge in [0.2, 0.25) is 11.8 Å². The van der Waals surface area contributed by atoms with Crippen LogP contribution in [0.25, 0.3) is 0 Å². The molecule has 1 saturated heterocycles. The van der Waals surface area contributed by atoms with Gasteiger partial charge in [-0.1, -0.05) is 25.3 Å². The molecule has 5 heteroatoms. The maximum Gasteiger partial charge on any atom is 0.242 e. The first-order valence-corrected chi connectivity index (χ1v) is 9.42. The molecule has 0 bridgehead atoms. The predicted molar refractivity (Wildman–Crippen MR) is 94.3 cm³/mol. The summed E-state index contributed by atoms with van der Waals surface area (Å²) in [5.41, 5.74) is 2.40. The molecule has 3 aliphatic rings. The molecule has 0 radical (unpaired) electrons. The minimum absolute atomic E-state index is 0.0107. The van der Waals surface area contributed by atoms with Gasteiger partial charge in [0.1, 0.15) is 5.75 Å². The third-order valence-electron chi connectivity index (χ3n) is 6.01. The first kappa shape index (κ1) is 16.4. The molecule has 2 aliphatic heterocycles. The molecule has 2 heterocycles. The molecule has 2 amide bonds. The summed E-state index contributed by atoms with van der Waals surface area (Å²) in [5, 5.41) is 0. The maximum atomic E-state index is 12.9. The van der Waals surface area contributed by atoms with E-state index in [0.717, 1.165) is 44.4 Å². The molecule has 4 rings (SSSR count). The minimum atomic E-state index is -0.0107. The van der Waals surface area contributed by atoms with E-state index in [1.807, 2.05) is 15.9 Å². The zero-order valence-electron chi connectivity index (χ0n) is 14.9. The molecule has 5 nitrogen and oxygen atoms in total. The standard InChI is InChI=1S/C20H26N2O3/c1-25-16-7-8-17-15(11-16)9-10-22-18(17)12-21(13-19(22)23)20(24)14-5-3-2-4-6-14/h7-8,11,14,18H,2-6,9-10,12-13H2,1H3. The van der Waals surface area contributed by atoms with Crippen LogP contribution in [-0.2, 0) is 16.0 Å². The average molecular weight is 342 g/mol. The highest BCUT2D eigenvalue weighted by Gasteiger charge is 2.40. The first-order chi connectivity index (χ1) is 12.2. The number of methoxy groups -OCH3 is 1. The summed E-state index contributed by atoms with van der Waals surface area (Å²) in [6, 6.07) is 6.07. The molecule has 1 aromatic carbocycles. The van der Waals surface area contributed by atoms with Gasteiger partial charge in [0, 0.05) is 19.0 Å². The van der Waals surface area contributed by atoms with Crippen LogP contribution in [0, 0.1) is 5.92 Å². The SMILES string of the molecule is COc1ccc2c(c1)CCN1C(=O)CN(C(=O)C3CCCCC3)CC21. The smallest absolute Gasteiger partial charge is 0.242 e. The van der Waals surface area contributed by atoms with Gasteiger partial charge in [0.15, 0.2) is 0 Å². The lowest BCUT2D eigenvalue weighted by molar-refractivity contribution is -0.152. The summed E-state index contributed by atoms with van der Waals surface area (Å²) in [6.45, 7) is 1.60. The van der Waals surface area contributed by atoms with Crippen molar-refractivity contribution in [2.45, 2.75) is 44.6 Å². The van der Waals surface area contributed by atoms with Crippen molar-refractivity contribution in [2.24, 2.45) is 5.92 Å². The van der Waals surface area contributed by atoms with Crippen molar-refractivity contribution in [3.05, 3.63) is 29.3 Å². The van der Waals surface area contributed by atoms with Gasteiger partial charge >= 0.3 is 0 Å². The summed E-state index contributed by atoms with van der Waals surface area (Å²) in [6.07, 6.45) is 6.31. The highest BCUT2D eigenvalue weighted by molar-refractivity contribution is 5.87. The van der Waals surface area contributed by atoms with E-state index in [4.69, 9.17) is 4.74 Å². The van der Waals surface area contributed by atoms with E-state index < -0.39 is 0 Å². The van der Waals surface area contributed by atoms with Crippen LogP contribution in [0.15, 0.2) is 18.2 Å². The van der Waals surface area contributed by atoms with E-state index in [1.54, 1.807) is 7.11 Å². The van der Waals surface area contributed by atoms with Gasteiger partial charge in [0.25, 0.3) is 0 Å². The highest BCUT2D eigenvalue weighted by atomic mass is 16.5. The van der Waals surface area contributed by atoms with Crippen molar-refractivity contribution in [1.29, 1.82) is 0 Å². The summed E-state index contributed by atoms with van der Waals surface area (Å²) < 4.78 is 5.33. The average Bonchev–Trinajstić information content (AvgIpc) is 2.67. The lowest BCUT2D eigenvalue weighted by atomic mass is 9.86. The van der Waals surface area contributed by atoms with Crippen LogP contribution in [0.2, 0.25) is 0 Å². The predicted octanol–water partition coefficient (Wildman–Crippen LogP) is 2.54. The highest BCUT2D eigenvalue weighted by Crippen LogP contribution is 2.36. The van der Waals surface area contributed by atoms with Crippen molar-refractivity contribution >= 4 is 11.8 Å². The quantitative estimate of drug-likeness (QED) is 0.830. The van der Waals surface area contributed by atoms with Crippen molar-refractivity contribution in [2.75, 3.05) is 26.7 Å². The Hall–Kier alpha value is -2.04. The fraction of sp³-hybridized carbons (Fsp3) is 0.600. The molecule has 25 heavy (non-hydrogen) atoms. The zero-order chi connectivity index (χ0) is 17.4. The van der Waals surface area contributed by atoms with E-state index in [-0.39, 0.29) is 30.3 Å². The number of piperazine rings is 1. The topological polar surface area (TPSA) is 49.9 Å². The Bertz CT molecular complexity index is 682. The largest absolute Gasteiger partial charge is 0.497 e. The van der Waals surface area contributed by atoms with Gasteiger partial charge in [-0.25, -0.2) is 0 Å². The number of hydrogen-bond acceptors (Lipinski definition) is 3. The van der Waals surface area contributed by atoms with E-state index in [2.05, 4.69) is 12.1 Å². The van der Waals surface area contributed by atoms with E-state index in [9.17, 15) is 9.59 Å². The number of amides is 2. The van der Waals surface area contributed by atoms with E-state index >= 15 is 0 Å². The Morgan fingerprint density at radius 2 is 2.00 bits per heavy atom. The second-order valence-electron chi connectivity index (χ2n) is 7.47. The van der Waals surface area contributed by atoms with Crippen molar-refractivity contribution in [1.82, 2.24) is 9.80 Å².